The van der Waals surface area contributed by atoms with Gasteiger partial charge in [-0.1, -0.05) is 6.07 Å². The molecule has 0 unspecified atom stereocenters. The number of ether oxygens (including phenoxy) is 1. The zero-order chi connectivity index (χ0) is 63.5. The number of benzene rings is 4. The number of aromatic hydroxyl groups is 2. The number of phenolic OH excluding ortho intramolecular Hbond substituents is 2. The maximum atomic E-state index is 14.1. The molecule has 86 heavy (non-hydrogen) atoms. The number of primary amides is 1. The van der Waals surface area contributed by atoms with E-state index in [1.54, 1.807) is 0 Å². The lowest BCUT2D eigenvalue weighted by molar-refractivity contribution is -0.118. The van der Waals surface area contributed by atoms with Gasteiger partial charge in [-0.3, -0.25) is 53.3 Å². The van der Waals surface area contributed by atoms with Crippen LogP contribution >= 0.6 is 0 Å². The van der Waals surface area contributed by atoms with Crippen LogP contribution in [0.25, 0.3) is 0 Å². The lowest BCUT2D eigenvalue weighted by Gasteiger charge is -2.21. The van der Waals surface area contributed by atoms with Crippen molar-refractivity contribution in [3.05, 3.63) is 101 Å². The smallest absolute Gasteiger partial charge is 0.255 e. The Morgan fingerprint density at radius 2 is 0.907 bits per heavy atom. The summed E-state index contributed by atoms with van der Waals surface area (Å²) in [6.07, 6.45) is 0.703. The number of hydrogen-bond donors (Lipinski definition) is 20. The second kappa shape index (κ2) is 34.3. The topological polar surface area (TPSA) is 580 Å². The molecule has 0 aliphatic carbocycles. The number of carbonyl (C=O) groups is 8. The van der Waals surface area contributed by atoms with Crippen LogP contribution in [0.15, 0.2) is 93.8 Å². The van der Waals surface area contributed by atoms with Gasteiger partial charge in [-0.05, 0) is 131 Å². The molecule has 32 heteroatoms. The van der Waals surface area contributed by atoms with Crippen LogP contribution < -0.4 is 105 Å². The van der Waals surface area contributed by atoms with E-state index in [0.717, 1.165) is 12.1 Å². The number of nitrogens with one attached hydrogen (secondary N) is 8. The molecule has 464 valence electrons. The minimum atomic E-state index is -1.35. The van der Waals surface area contributed by atoms with Crippen LogP contribution in [0.2, 0.25) is 0 Å². The first-order valence-electron chi connectivity index (χ1n) is 26.9. The molecule has 0 saturated heterocycles. The van der Waals surface area contributed by atoms with Gasteiger partial charge in [-0.15, -0.1) is 0 Å². The molecule has 0 radical (unpaired) electrons. The van der Waals surface area contributed by atoms with Crippen molar-refractivity contribution in [3.63, 3.8) is 0 Å². The second-order valence-electron chi connectivity index (χ2n) is 19.3. The number of anilines is 4. The largest absolute Gasteiger partial charge is 0.507 e. The minimum Gasteiger partial charge on any atom is -0.507 e. The van der Waals surface area contributed by atoms with Crippen molar-refractivity contribution >= 4 is 87.9 Å². The number of rotatable bonds is 34. The molecule has 0 heterocycles. The van der Waals surface area contributed by atoms with E-state index in [4.69, 9.17) is 62.1 Å². The molecular weight excluding hydrogens is 1120 g/mol. The number of carbonyl (C=O) groups excluding carboxylic acids is 8. The molecule has 30 N–H and O–H groups in total. The molecule has 0 aromatic heterocycles. The van der Waals surface area contributed by atoms with Gasteiger partial charge >= 0.3 is 0 Å². The van der Waals surface area contributed by atoms with Gasteiger partial charge in [0.1, 0.15) is 35.4 Å². The van der Waals surface area contributed by atoms with Crippen LogP contribution in [0.3, 0.4) is 0 Å². The van der Waals surface area contributed by atoms with Crippen LogP contribution in [0, 0.1) is 0 Å². The summed E-state index contributed by atoms with van der Waals surface area (Å²) in [5.41, 5.74) is 55.4. The van der Waals surface area contributed by atoms with Gasteiger partial charge in [0.25, 0.3) is 23.6 Å². The molecule has 4 rings (SSSR count). The molecule has 4 aromatic carbocycles. The third kappa shape index (κ3) is 22.8. The van der Waals surface area contributed by atoms with E-state index in [1.807, 2.05) is 0 Å². The highest BCUT2D eigenvalue weighted by Crippen LogP contribution is 2.26. The standard InChI is InChI=1S/C54H77N21O11/c1-86-42-18-15-32(26-35(42)44(58)78)72-49(83)37(11-5-21-67-53(61)62)73-45(79)28-7-2-8-29(23-28)70-50(84)39(12-6-22-68-54(63)64)75-47(81)34-25-31(14-17-41(34)77)71-51(85)38(10-4-19-65-43(57)27-55)74-46(80)33-24-30(13-16-40(33)76)69-48(82)36(56)9-3-20-66-52(59)60/h2,7-8,13-18,23-26,36-39,43,65,76-77H,3-6,9-12,19-22,27,55-57H2,1H3,(H2,58,78)(H,69,82)(H,70,84)(H,71,85)(H,72,83)(H,73,79)(H,74,80)(H,75,81)(H4,59,60,66)(H4,61,62,67)(H4,63,64,68)/t36-,37-,38-,39-,43+/m1/s1. The second-order valence-corrected chi connectivity index (χ2v) is 19.3. The highest BCUT2D eigenvalue weighted by atomic mass is 16.5. The highest BCUT2D eigenvalue weighted by molar-refractivity contribution is 6.07. The van der Waals surface area contributed by atoms with Crippen molar-refractivity contribution in [3.8, 4) is 17.2 Å². The number of hydrogen-bond acceptors (Lipinski definition) is 18. The van der Waals surface area contributed by atoms with Crippen LogP contribution in [0.1, 0.15) is 92.8 Å². The summed E-state index contributed by atoms with van der Waals surface area (Å²) >= 11 is 0. The van der Waals surface area contributed by atoms with Crippen molar-refractivity contribution in [1.29, 1.82) is 0 Å². The van der Waals surface area contributed by atoms with Crippen LogP contribution in [-0.4, -0.2) is 146 Å². The fraction of sp³-hybridized carbons (Fsp3) is 0.352. The molecule has 0 bridgehead atoms. The number of phenols is 2. The number of methoxy groups -OCH3 is 1. The molecule has 4 aromatic rings. The van der Waals surface area contributed by atoms with E-state index < -0.39 is 94.7 Å². The average molecular weight is 1200 g/mol. The van der Waals surface area contributed by atoms with Gasteiger partial charge in [-0.2, -0.15) is 0 Å². The maximum absolute atomic E-state index is 14.1. The highest BCUT2D eigenvalue weighted by Gasteiger charge is 2.28. The Hall–Kier alpha value is -10.3. The molecule has 5 atom stereocenters. The Morgan fingerprint density at radius 1 is 0.500 bits per heavy atom. The molecule has 32 nitrogen and oxygen atoms in total. The third-order valence-electron chi connectivity index (χ3n) is 12.5. The molecule has 0 saturated carbocycles. The average Bonchev–Trinajstić information content (AvgIpc) is 3.11. The quantitative estimate of drug-likeness (QED) is 0.00753. The van der Waals surface area contributed by atoms with Crippen LogP contribution in [0.4, 0.5) is 22.7 Å². The first-order chi connectivity index (χ1) is 40.9. The zero-order valence-corrected chi connectivity index (χ0v) is 47.3. The van der Waals surface area contributed by atoms with E-state index in [0.29, 0.717) is 6.42 Å². The van der Waals surface area contributed by atoms with E-state index >= 15 is 0 Å². The monoisotopic (exact) mass is 1200 g/mol. The van der Waals surface area contributed by atoms with Crippen molar-refractivity contribution in [2.75, 3.05) is 61.1 Å². The Kier molecular flexibility index (Phi) is 27.2. The first-order valence-corrected chi connectivity index (χ1v) is 26.9. The molecule has 0 aliphatic heterocycles. The summed E-state index contributed by atoms with van der Waals surface area (Å²) in [6, 6.07) is 12.3. The van der Waals surface area contributed by atoms with E-state index in [9.17, 15) is 48.6 Å². The lowest BCUT2D eigenvalue weighted by Crippen LogP contribution is -2.46. The Bertz CT molecular complexity index is 3130. The Balaban J connectivity index is 1.54. The normalized spacial score (nSPS) is 12.5. The van der Waals surface area contributed by atoms with Crippen molar-refractivity contribution < 1.29 is 53.3 Å². The molecule has 0 fully saturated rings. The summed E-state index contributed by atoms with van der Waals surface area (Å²) in [7, 11) is 1.34. The Labute approximate surface area is 494 Å². The van der Waals surface area contributed by atoms with Crippen LogP contribution in [-0.2, 0) is 19.2 Å². The molecule has 0 aliphatic rings. The van der Waals surface area contributed by atoms with Crippen LogP contribution in [0.5, 0.6) is 17.2 Å². The van der Waals surface area contributed by atoms with Gasteiger partial charge < -0.3 is 115 Å². The summed E-state index contributed by atoms with van der Waals surface area (Å²) in [4.78, 5) is 120. The molecule has 0 spiro atoms. The van der Waals surface area contributed by atoms with Crippen molar-refractivity contribution in [2.45, 2.75) is 81.7 Å². The first kappa shape index (κ1) is 68.2. The minimum absolute atomic E-state index is 0.0000933. The number of aliphatic imine (C=N–C) groups is 3. The SMILES string of the molecule is COc1ccc(NC(=O)[C@@H](CCCN=C(N)N)NC(=O)c2cccc(NC(=O)[C@@H](CCCN=C(N)N)NC(=O)c3cc(NC(=O)[C@@H](CCCN[C@H](N)CN)NC(=O)c4cc(NC(=O)[C@H](N)CCCN=C(N)N)ccc4O)ccc3O)c2)cc1C(N)=O. The maximum Gasteiger partial charge on any atom is 0.255 e. The summed E-state index contributed by atoms with van der Waals surface area (Å²) in [5, 5.41) is 43.2. The van der Waals surface area contributed by atoms with E-state index in [2.05, 4.69) is 57.5 Å². The van der Waals surface area contributed by atoms with Gasteiger partial charge in [-0.25, -0.2) is 0 Å². The predicted molar refractivity (Wildman–Crippen MR) is 324 cm³/mol. The number of nitrogens with two attached hydrogens (primary N) is 10. The number of amides is 8. The predicted octanol–water partition coefficient (Wildman–Crippen LogP) is -2.54. The summed E-state index contributed by atoms with van der Waals surface area (Å²) in [6.45, 7) is 0.787. The fourth-order valence-corrected chi connectivity index (χ4v) is 8.09. The van der Waals surface area contributed by atoms with Crippen molar-refractivity contribution in [2.24, 2.45) is 72.3 Å². The zero-order valence-electron chi connectivity index (χ0n) is 47.3. The van der Waals surface area contributed by atoms with E-state index in [1.165, 1.54) is 73.8 Å². The van der Waals surface area contributed by atoms with Gasteiger partial charge in [0, 0.05) is 54.5 Å². The Morgan fingerprint density at radius 3 is 1.35 bits per heavy atom. The third-order valence-corrected chi connectivity index (χ3v) is 12.5. The lowest BCUT2D eigenvalue weighted by atomic mass is 10.1. The van der Waals surface area contributed by atoms with Gasteiger partial charge in [0.15, 0.2) is 17.9 Å². The summed E-state index contributed by atoms with van der Waals surface area (Å²) < 4.78 is 5.18. The van der Waals surface area contributed by atoms with Gasteiger partial charge in [0.05, 0.1) is 36.0 Å². The molecular formula is C54H77N21O11. The number of guanidine groups is 3. The fourth-order valence-electron chi connectivity index (χ4n) is 8.09. The van der Waals surface area contributed by atoms with Crippen molar-refractivity contribution in [1.82, 2.24) is 21.3 Å². The van der Waals surface area contributed by atoms with E-state index in [-0.39, 0.29) is 141 Å². The molecule has 8 amide bonds. The summed E-state index contributed by atoms with van der Waals surface area (Å²) in [5.74, 6) is -7.64. The van der Waals surface area contributed by atoms with Gasteiger partial charge in [0.2, 0.25) is 23.6 Å². The number of nitrogens with zero attached hydrogens (tertiary/aromatic N) is 3.